The summed E-state index contributed by atoms with van der Waals surface area (Å²) in [6.45, 7) is 2.53. The number of benzene rings is 1. The fraction of sp³-hybridized carbons (Fsp3) is 0.385. The second-order valence-electron chi connectivity index (χ2n) is 4.36. The second-order valence-corrected chi connectivity index (χ2v) is 5.51. The van der Waals surface area contributed by atoms with Crippen molar-refractivity contribution in [1.29, 1.82) is 0 Å². The van der Waals surface area contributed by atoms with Gasteiger partial charge in [0.1, 0.15) is 11.9 Å². The van der Waals surface area contributed by atoms with Crippen LogP contribution < -0.4 is 0 Å². The van der Waals surface area contributed by atoms with Crippen molar-refractivity contribution in [3.8, 4) is 17.2 Å². The summed E-state index contributed by atoms with van der Waals surface area (Å²) in [5.41, 5.74) is 1.34. The van der Waals surface area contributed by atoms with Crippen molar-refractivity contribution in [2.75, 3.05) is 18.1 Å². The molecule has 2 aromatic rings. The van der Waals surface area contributed by atoms with Gasteiger partial charge in [-0.3, -0.25) is 0 Å². The zero-order valence-electron chi connectivity index (χ0n) is 10.5. The van der Waals surface area contributed by atoms with E-state index in [0.29, 0.717) is 23.9 Å². The first-order valence-electron chi connectivity index (χ1n) is 6.07. The van der Waals surface area contributed by atoms with E-state index in [4.69, 9.17) is 9.26 Å². The van der Waals surface area contributed by atoms with Crippen molar-refractivity contribution in [3.63, 3.8) is 0 Å². The third-order valence-electron chi connectivity index (χ3n) is 3.01. The zero-order valence-corrected chi connectivity index (χ0v) is 11.3. The van der Waals surface area contributed by atoms with Crippen LogP contribution >= 0.6 is 11.8 Å². The average Bonchev–Trinajstić information content (AvgIpc) is 2.92. The molecule has 0 bridgehead atoms. The van der Waals surface area contributed by atoms with E-state index < -0.39 is 0 Å². The molecule has 0 radical (unpaired) electrons. The lowest BCUT2D eigenvalue weighted by Gasteiger charge is -2.18. The number of para-hydroxylation sites is 1. The van der Waals surface area contributed by atoms with Crippen molar-refractivity contribution in [3.05, 3.63) is 29.6 Å². The van der Waals surface area contributed by atoms with Gasteiger partial charge in [-0.1, -0.05) is 17.3 Å². The van der Waals surface area contributed by atoms with Gasteiger partial charge in [0.05, 0.1) is 12.2 Å². The van der Waals surface area contributed by atoms with Crippen LogP contribution in [0.4, 0.5) is 0 Å². The van der Waals surface area contributed by atoms with E-state index in [-0.39, 0.29) is 11.9 Å². The van der Waals surface area contributed by atoms with Crippen LogP contribution in [-0.4, -0.2) is 33.4 Å². The van der Waals surface area contributed by atoms with Gasteiger partial charge < -0.3 is 14.4 Å². The quantitative estimate of drug-likeness (QED) is 0.910. The van der Waals surface area contributed by atoms with Crippen LogP contribution in [-0.2, 0) is 4.74 Å². The van der Waals surface area contributed by atoms with Gasteiger partial charge in [-0.2, -0.15) is 16.7 Å². The third-order valence-corrected chi connectivity index (χ3v) is 4.01. The Morgan fingerprint density at radius 2 is 2.32 bits per heavy atom. The number of hydrogen-bond donors (Lipinski definition) is 1. The Labute approximate surface area is 115 Å². The van der Waals surface area contributed by atoms with Crippen molar-refractivity contribution >= 4 is 11.8 Å². The number of nitrogens with zero attached hydrogens (tertiary/aromatic N) is 2. The monoisotopic (exact) mass is 278 g/mol. The highest BCUT2D eigenvalue weighted by Crippen LogP contribution is 2.32. The fourth-order valence-electron chi connectivity index (χ4n) is 1.94. The number of aromatic hydroxyl groups is 1. The number of aromatic nitrogens is 2. The van der Waals surface area contributed by atoms with Crippen LogP contribution in [0.5, 0.6) is 5.75 Å². The molecule has 0 spiro atoms. The lowest BCUT2D eigenvalue weighted by Crippen LogP contribution is -2.16. The van der Waals surface area contributed by atoms with Gasteiger partial charge >= 0.3 is 0 Å². The predicted octanol–water partition coefficient (Wildman–Crippen LogP) is 2.56. The Kier molecular flexibility index (Phi) is 3.44. The summed E-state index contributed by atoms with van der Waals surface area (Å²) < 4.78 is 10.8. The standard InChI is InChI=1S/C13H14N2O3S/c1-8-3-2-4-9(11(8)16)13-14-12(15-18-13)10-7-19-6-5-17-10/h2-4,10,16H,5-7H2,1H3. The molecule has 6 heteroatoms. The molecule has 5 nitrogen and oxygen atoms in total. The third kappa shape index (κ3) is 2.46. The highest BCUT2D eigenvalue weighted by Gasteiger charge is 2.23. The number of thioether (sulfide) groups is 1. The maximum atomic E-state index is 10.0. The van der Waals surface area contributed by atoms with Crippen molar-refractivity contribution in [1.82, 2.24) is 10.1 Å². The number of phenolic OH excluding ortho intramolecular Hbond substituents is 1. The minimum absolute atomic E-state index is 0.122. The predicted molar refractivity (Wildman–Crippen MR) is 72.2 cm³/mol. The number of ether oxygens (including phenoxy) is 1. The molecule has 1 saturated heterocycles. The highest BCUT2D eigenvalue weighted by molar-refractivity contribution is 7.99. The van der Waals surface area contributed by atoms with Crippen LogP contribution in [0.2, 0.25) is 0 Å². The normalized spacial score (nSPS) is 19.5. The number of phenols is 1. The molecule has 0 amide bonds. The summed E-state index contributed by atoms with van der Waals surface area (Å²) in [4.78, 5) is 4.33. The van der Waals surface area contributed by atoms with E-state index in [0.717, 1.165) is 17.1 Å². The Balaban J connectivity index is 1.90. The summed E-state index contributed by atoms with van der Waals surface area (Å²) >= 11 is 1.81. The lowest BCUT2D eigenvalue weighted by atomic mass is 10.1. The molecule has 0 aliphatic carbocycles. The minimum Gasteiger partial charge on any atom is -0.507 e. The summed E-state index contributed by atoms with van der Waals surface area (Å²) in [7, 11) is 0. The lowest BCUT2D eigenvalue weighted by molar-refractivity contribution is 0.0677. The molecule has 2 heterocycles. The molecule has 1 aliphatic heterocycles. The number of rotatable bonds is 2. The van der Waals surface area contributed by atoms with E-state index in [1.807, 2.05) is 30.8 Å². The summed E-state index contributed by atoms with van der Waals surface area (Å²) in [6.07, 6.45) is -0.122. The summed E-state index contributed by atoms with van der Waals surface area (Å²) in [5.74, 6) is 2.88. The maximum absolute atomic E-state index is 10.0. The van der Waals surface area contributed by atoms with Gasteiger partial charge in [0.15, 0.2) is 0 Å². The van der Waals surface area contributed by atoms with Gasteiger partial charge in [0.2, 0.25) is 5.82 Å². The molecule has 1 atom stereocenters. The molecule has 0 saturated carbocycles. The second kappa shape index (κ2) is 5.22. The van der Waals surface area contributed by atoms with Crippen LogP contribution in [0.3, 0.4) is 0 Å². The SMILES string of the molecule is Cc1cccc(-c2nc(C3CSCCO3)no2)c1O. The molecule has 1 fully saturated rings. The Morgan fingerprint density at radius 3 is 3.11 bits per heavy atom. The fourth-order valence-corrected chi connectivity index (χ4v) is 2.78. The molecule has 1 unspecified atom stereocenters. The first-order valence-corrected chi connectivity index (χ1v) is 7.23. The zero-order chi connectivity index (χ0) is 13.2. The van der Waals surface area contributed by atoms with Crippen LogP contribution in [0, 0.1) is 6.92 Å². The maximum Gasteiger partial charge on any atom is 0.261 e. The summed E-state index contributed by atoms with van der Waals surface area (Å²) in [5, 5.41) is 14.0. The van der Waals surface area contributed by atoms with Crippen molar-refractivity contribution < 1.29 is 14.4 Å². The molecule has 1 aromatic heterocycles. The van der Waals surface area contributed by atoms with Crippen LogP contribution in [0.1, 0.15) is 17.5 Å². The van der Waals surface area contributed by atoms with Gasteiger partial charge in [0.25, 0.3) is 5.89 Å². The molecule has 19 heavy (non-hydrogen) atoms. The number of hydrogen-bond acceptors (Lipinski definition) is 6. The molecule has 1 N–H and O–H groups in total. The van der Waals surface area contributed by atoms with E-state index in [2.05, 4.69) is 10.1 Å². The Morgan fingerprint density at radius 1 is 1.42 bits per heavy atom. The molecular formula is C13H14N2O3S. The molecular weight excluding hydrogens is 264 g/mol. The van der Waals surface area contributed by atoms with E-state index in [9.17, 15) is 5.11 Å². The molecule has 1 aromatic carbocycles. The van der Waals surface area contributed by atoms with Gasteiger partial charge in [-0.05, 0) is 18.6 Å². The van der Waals surface area contributed by atoms with E-state index in [1.165, 1.54) is 0 Å². The minimum atomic E-state index is -0.122. The van der Waals surface area contributed by atoms with Crippen LogP contribution in [0.15, 0.2) is 22.7 Å². The molecule has 3 rings (SSSR count). The van der Waals surface area contributed by atoms with Gasteiger partial charge in [-0.15, -0.1) is 0 Å². The van der Waals surface area contributed by atoms with Crippen molar-refractivity contribution in [2.24, 2.45) is 0 Å². The average molecular weight is 278 g/mol. The summed E-state index contributed by atoms with van der Waals surface area (Å²) in [6, 6.07) is 5.44. The number of aryl methyl sites for hydroxylation is 1. The van der Waals surface area contributed by atoms with Crippen molar-refractivity contribution in [2.45, 2.75) is 13.0 Å². The topological polar surface area (TPSA) is 68.4 Å². The largest absolute Gasteiger partial charge is 0.507 e. The smallest absolute Gasteiger partial charge is 0.261 e. The molecule has 1 aliphatic rings. The first-order chi connectivity index (χ1) is 9.25. The van der Waals surface area contributed by atoms with E-state index >= 15 is 0 Å². The Bertz CT molecular complexity index is 579. The molecule has 100 valence electrons. The van der Waals surface area contributed by atoms with Crippen LogP contribution in [0.25, 0.3) is 11.5 Å². The Hall–Kier alpha value is -1.53. The first kappa shape index (κ1) is 12.5. The highest BCUT2D eigenvalue weighted by atomic mass is 32.2. The van der Waals surface area contributed by atoms with E-state index in [1.54, 1.807) is 6.07 Å². The van der Waals surface area contributed by atoms with Gasteiger partial charge in [-0.25, -0.2) is 0 Å². The van der Waals surface area contributed by atoms with Gasteiger partial charge in [0, 0.05) is 11.5 Å².